The molecule has 0 fully saturated rings. The lowest BCUT2D eigenvalue weighted by molar-refractivity contribution is -0.300. The van der Waals surface area contributed by atoms with Crippen LogP contribution in [0, 0.1) is 6.92 Å². The van der Waals surface area contributed by atoms with Crippen molar-refractivity contribution in [2.75, 3.05) is 0 Å². The van der Waals surface area contributed by atoms with Crippen LogP contribution in [-0.2, 0) is 0 Å². The maximum atomic E-state index is 12.4. The molecular weight excluding hydrogens is 310 g/mol. The Labute approximate surface area is 114 Å². The first-order valence-electron chi connectivity index (χ1n) is 5.00. The van der Waals surface area contributed by atoms with Crippen molar-refractivity contribution in [3.05, 3.63) is 23.4 Å². The molecule has 0 aromatic carbocycles. The zero-order valence-corrected chi connectivity index (χ0v) is 10.7. The summed E-state index contributed by atoms with van der Waals surface area (Å²) in [4.78, 5) is 3.05. The maximum Gasteiger partial charge on any atom is 0.434 e. The highest BCUT2D eigenvalue weighted by atomic mass is 32.1. The van der Waals surface area contributed by atoms with E-state index in [9.17, 15) is 26.3 Å². The van der Waals surface area contributed by atoms with Crippen molar-refractivity contribution in [1.29, 1.82) is 0 Å². The van der Waals surface area contributed by atoms with Gasteiger partial charge in [-0.2, -0.15) is 26.3 Å². The molecule has 1 rings (SSSR count). The first-order chi connectivity index (χ1) is 8.93. The van der Waals surface area contributed by atoms with Crippen LogP contribution in [-0.4, -0.2) is 28.4 Å². The third kappa shape index (κ3) is 3.95. The number of ether oxygens (including phenoxy) is 1. The lowest BCUT2D eigenvalue weighted by Gasteiger charge is -2.24. The van der Waals surface area contributed by atoms with E-state index in [0.717, 1.165) is 6.07 Å². The Morgan fingerprint density at radius 2 is 1.70 bits per heavy atom. The Bertz CT molecular complexity index is 499. The number of pyridine rings is 1. The van der Waals surface area contributed by atoms with Gasteiger partial charge in [0.25, 0.3) is 6.10 Å². The molecular formula is C10H8F6N2OS. The zero-order chi connectivity index (χ0) is 15.7. The molecule has 3 nitrogen and oxygen atoms in total. The monoisotopic (exact) mass is 318 g/mol. The predicted molar refractivity (Wildman–Crippen MR) is 61.4 cm³/mol. The summed E-state index contributed by atoms with van der Waals surface area (Å²) in [5, 5.41) is 0. The van der Waals surface area contributed by atoms with Crippen molar-refractivity contribution in [3.63, 3.8) is 0 Å². The van der Waals surface area contributed by atoms with Gasteiger partial charge in [-0.1, -0.05) is 12.2 Å². The van der Waals surface area contributed by atoms with Crippen LogP contribution in [0.3, 0.4) is 0 Å². The minimum Gasteiger partial charge on any atom is -0.454 e. The molecule has 0 atom stereocenters. The zero-order valence-electron chi connectivity index (χ0n) is 9.84. The van der Waals surface area contributed by atoms with Crippen LogP contribution in [0.2, 0.25) is 0 Å². The van der Waals surface area contributed by atoms with E-state index < -0.39 is 29.3 Å². The van der Waals surface area contributed by atoms with E-state index in [4.69, 9.17) is 5.73 Å². The van der Waals surface area contributed by atoms with Crippen LogP contribution in [0.15, 0.2) is 12.1 Å². The summed E-state index contributed by atoms with van der Waals surface area (Å²) in [5.74, 6) is -0.905. The smallest absolute Gasteiger partial charge is 0.434 e. The average Bonchev–Trinajstić information content (AvgIpc) is 2.22. The SMILES string of the molecule is Cc1ccc(C(N)=S)c(OC(C(F)(F)F)C(F)(F)F)n1. The van der Waals surface area contributed by atoms with E-state index in [1.54, 1.807) is 0 Å². The van der Waals surface area contributed by atoms with Crippen LogP contribution in [0.1, 0.15) is 11.3 Å². The number of aryl methyl sites for hydroxylation is 1. The fourth-order valence-corrected chi connectivity index (χ4v) is 1.40. The van der Waals surface area contributed by atoms with Crippen molar-refractivity contribution in [2.45, 2.75) is 25.4 Å². The van der Waals surface area contributed by atoms with Gasteiger partial charge in [0.1, 0.15) is 4.99 Å². The lowest BCUT2D eigenvalue weighted by Crippen LogP contribution is -2.47. The molecule has 0 saturated carbocycles. The average molecular weight is 318 g/mol. The molecule has 1 aromatic rings. The van der Waals surface area contributed by atoms with E-state index in [-0.39, 0.29) is 11.3 Å². The number of halogens is 6. The van der Waals surface area contributed by atoms with Crippen LogP contribution in [0.4, 0.5) is 26.3 Å². The van der Waals surface area contributed by atoms with Gasteiger partial charge in [-0.25, -0.2) is 4.98 Å². The summed E-state index contributed by atoms with van der Waals surface area (Å²) >= 11 is 4.53. The summed E-state index contributed by atoms with van der Waals surface area (Å²) in [6.07, 6.45) is -15.3. The van der Waals surface area contributed by atoms with Crippen LogP contribution in [0.25, 0.3) is 0 Å². The summed E-state index contributed by atoms with van der Waals surface area (Å²) < 4.78 is 78.4. The summed E-state index contributed by atoms with van der Waals surface area (Å²) in [6.45, 7) is 1.37. The van der Waals surface area contributed by atoms with E-state index >= 15 is 0 Å². The summed E-state index contributed by atoms with van der Waals surface area (Å²) in [5.41, 5.74) is 5.06. The summed E-state index contributed by atoms with van der Waals surface area (Å²) in [7, 11) is 0. The first-order valence-corrected chi connectivity index (χ1v) is 5.41. The Hall–Kier alpha value is -1.58. The van der Waals surface area contributed by atoms with Crippen molar-refractivity contribution >= 4 is 17.2 Å². The number of rotatable bonds is 3. The molecule has 0 amide bonds. The molecule has 0 bridgehead atoms. The Kier molecular flexibility index (Phi) is 4.47. The van der Waals surface area contributed by atoms with Gasteiger partial charge in [-0.05, 0) is 19.1 Å². The van der Waals surface area contributed by atoms with E-state index in [0.29, 0.717) is 0 Å². The molecule has 1 heterocycles. The molecule has 0 aliphatic heterocycles. The quantitative estimate of drug-likeness (QED) is 0.688. The third-order valence-corrected chi connectivity index (χ3v) is 2.31. The van der Waals surface area contributed by atoms with Crippen molar-refractivity contribution < 1.29 is 31.1 Å². The van der Waals surface area contributed by atoms with Gasteiger partial charge in [-0.3, -0.25) is 0 Å². The maximum absolute atomic E-state index is 12.4. The molecule has 0 unspecified atom stereocenters. The second-order valence-corrected chi connectivity index (χ2v) is 4.19. The molecule has 1 aromatic heterocycles. The third-order valence-electron chi connectivity index (χ3n) is 2.09. The minimum atomic E-state index is -5.64. The van der Waals surface area contributed by atoms with Crippen LogP contribution < -0.4 is 10.5 Å². The fourth-order valence-electron chi connectivity index (χ4n) is 1.24. The van der Waals surface area contributed by atoms with E-state index in [1.807, 2.05) is 0 Å². The molecule has 0 aliphatic carbocycles. The number of hydrogen-bond donors (Lipinski definition) is 1. The highest BCUT2D eigenvalue weighted by Gasteiger charge is 2.59. The highest BCUT2D eigenvalue weighted by molar-refractivity contribution is 7.80. The second-order valence-electron chi connectivity index (χ2n) is 3.75. The fraction of sp³-hybridized carbons (Fsp3) is 0.400. The topological polar surface area (TPSA) is 48.1 Å². The van der Waals surface area contributed by atoms with Gasteiger partial charge < -0.3 is 10.5 Å². The van der Waals surface area contributed by atoms with Gasteiger partial charge in [0.05, 0.1) is 5.56 Å². The number of thiocarbonyl (C=S) groups is 1. The molecule has 0 aliphatic rings. The van der Waals surface area contributed by atoms with E-state index in [1.165, 1.54) is 13.0 Å². The largest absolute Gasteiger partial charge is 0.454 e. The molecule has 10 heteroatoms. The molecule has 2 N–H and O–H groups in total. The lowest BCUT2D eigenvalue weighted by atomic mass is 10.2. The number of alkyl halides is 6. The van der Waals surface area contributed by atoms with Crippen LogP contribution >= 0.6 is 12.2 Å². The summed E-state index contributed by atoms with van der Waals surface area (Å²) in [6, 6.07) is 2.47. The van der Waals surface area contributed by atoms with Gasteiger partial charge in [0.15, 0.2) is 0 Å². The number of nitrogens with zero attached hydrogens (tertiary/aromatic N) is 1. The first kappa shape index (κ1) is 16.5. The van der Waals surface area contributed by atoms with Gasteiger partial charge in [0, 0.05) is 5.69 Å². The second kappa shape index (κ2) is 5.43. The van der Waals surface area contributed by atoms with Gasteiger partial charge in [0.2, 0.25) is 5.88 Å². The van der Waals surface area contributed by atoms with Crippen LogP contribution in [0.5, 0.6) is 5.88 Å². The number of hydrogen-bond acceptors (Lipinski definition) is 3. The van der Waals surface area contributed by atoms with Gasteiger partial charge in [-0.15, -0.1) is 0 Å². The van der Waals surface area contributed by atoms with Gasteiger partial charge >= 0.3 is 12.4 Å². The van der Waals surface area contributed by atoms with Crippen molar-refractivity contribution in [3.8, 4) is 5.88 Å². The predicted octanol–water partition coefficient (Wildman–Crippen LogP) is 2.90. The Balaban J connectivity index is 3.24. The van der Waals surface area contributed by atoms with Crippen molar-refractivity contribution in [1.82, 2.24) is 4.98 Å². The highest BCUT2D eigenvalue weighted by Crippen LogP contribution is 2.36. The normalized spacial score (nSPS) is 12.6. The molecule has 20 heavy (non-hydrogen) atoms. The Morgan fingerprint density at radius 1 is 1.20 bits per heavy atom. The minimum absolute atomic E-state index is 0.156. The number of aromatic nitrogens is 1. The molecule has 112 valence electrons. The molecule has 0 spiro atoms. The molecule has 0 saturated heterocycles. The van der Waals surface area contributed by atoms with E-state index in [2.05, 4.69) is 21.9 Å². The standard InChI is InChI=1S/C10H8F6N2OS/c1-4-2-3-5(6(17)20)7(18-4)19-8(9(11,12)13)10(14,15)16/h2-3,8H,1H3,(H2,17,20). The molecule has 0 radical (unpaired) electrons. The Morgan fingerprint density at radius 3 is 2.10 bits per heavy atom. The number of nitrogens with two attached hydrogens (primary N) is 1. The van der Waals surface area contributed by atoms with Crippen molar-refractivity contribution in [2.24, 2.45) is 5.73 Å².